The van der Waals surface area contributed by atoms with E-state index in [9.17, 15) is 4.79 Å². The summed E-state index contributed by atoms with van der Waals surface area (Å²) in [4.78, 5) is 12.8. The summed E-state index contributed by atoms with van der Waals surface area (Å²) in [6, 6.07) is 16.8. The minimum absolute atomic E-state index is 0.211. The van der Waals surface area contributed by atoms with E-state index < -0.39 is 0 Å². The third-order valence-corrected chi connectivity index (χ3v) is 5.10. The third kappa shape index (κ3) is 2.80. The Morgan fingerprint density at radius 1 is 0.960 bits per heavy atom. The van der Waals surface area contributed by atoms with Crippen LogP contribution >= 0.6 is 0 Å². The molecule has 3 aromatic rings. The molecule has 4 rings (SSSR count). The summed E-state index contributed by atoms with van der Waals surface area (Å²) in [7, 11) is 0. The van der Waals surface area contributed by atoms with Crippen LogP contribution < -0.4 is 0 Å². The molecular weight excluding hydrogens is 308 g/mol. The van der Waals surface area contributed by atoms with Crippen LogP contribution in [0.15, 0.2) is 48.5 Å². The van der Waals surface area contributed by atoms with Gasteiger partial charge in [0.05, 0.1) is 22.6 Å². The van der Waals surface area contributed by atoms with Crippen molar-refractivity contribution in [2.45, 2.75) is 39.5 Å². The van der Waals surface area contributed by atoms with E-state index in [4.69, 9.17) is 5.10 Å². The molecule has 1 unspecified atom stereocenters. The molecule has 0 saturated carbocycles. The number of aryl methyl sites for hydroxylation is 3. The van der Waals surface area contributed by atoms with Gasteiger partial charge in [0.1, 0.15) is 0 Å². The molecule has 1 atom stereocenters. The highest BCUT2D eigenvalue weighted by Crippen LogP contribution is 2.35. The minimum atomic E-state index is 0.211. The van der Waals surface area contributed by atoms with E-state index in [2.05, 4.69) is 56.3 Å². The average Bonchev–Trinajstić information content (AvgIpc) is 2.93. The largest absolute Gasteiger partial charge is 0.294 e. The van der Waals surface area contributed by atoms with E-state index in [0.29, 0.717) is 6.42 Å². The quantitative estimate of drug-likeness (QED) is 0.682. The van der Waals surface area contributed by atoms with E-state index in [-0.39, 0.29) is 11.7 Å². The molecule has 1 aromatic heterocycles. The van der Waals surface area contributed by atoms with Crippen LogP contribution in [0, 0.1) is 20.8 Å². The summed E-state index contributed by atoms with van der Waals surface area (Å²) in [6.45, 7) is 6.10. The molecule has 0 fully saturated rings. The minimum Gasteiger partial charge on any atom is -0.294 e. The average molecular weight is 330 g/mol. The number of rotatable bonds is 2. The van der Waals surface area contributed by atoms with Crippen molar-refractivity contribution in [3.05, 3.63) is 82.2 Å². The molecule has 0 amide bonds. The van der Waals surface area contributed by atoms with Gasteiger partial charge in [-0.25, -0.2) is 4.68 Å². The first kappa shape index (κ1) is 15.8. The molecule has 3 nitrogen and oxygen atoms in total. The van der Waals surface area contributed by atoms with Crippen molar-refractivity contribution in [2.75, 3.05) is 0 Å². The van der Waals surface area contributed by atoms with Crippen LogP contribution in [0.1, 0.15) is 50.8 Å². The first-order valence-corrected chi connectivity index (χ1v) is 8.78. The van der Waals surface area contributed by atoms with E-state index in [0.717, 1.165) is 29.1 Å². The zero-order valence-corrected chi connectivity index (χ0v) is 14.9. The monoisotopic (exact) mass is 330 g/mol. The first-order chi connectivity index (χ1) is 12.0. The SMILES string of the molecule is Cc1ccc(C2CC(=O)c3c(C)nn(-c4cccc(C)c4)c3C2)cc1. The van der Waals surface area contributed by atoms with Crippen LogP contribution in [0.25, 0.3) is 5.69 Å². The summed E-state index contributed by atoms with van der Waals surface area (Å²) in [5, 5.41) is 4.69. The number of ketones is 1. The molecular formula is C22H22N2O. The Balaban J connectivity index is 1.79. The van der Waals surface area contributed by atoms with Crippen LogP contribution in [0.3, 0.4) is 0 Å². The van der Waals surface area contributed by atoms with Crippen molar-refractivity contribution in [2.24, 2.45) is 0 Å². The molecule has 1 aliphatic rings. The number of hydrogen-bond donors (Lipinski definition) is 0. The Morgan fingerprint density at radius 2 is 1.72 bits per heavy atom. The number of fused-ring (bicyclic) bond motifs is 1. The Labute approximate surface area is 148 Å². The zero-order chi connectivity index (χ0) is 17.6. The Bertz CT molecular complexity index is 951. The first-order valence-electron chi connectivity index (χ1n) is 8.78. The zero-order valence-electron chi connectivity index (χ0n) is 14.9. The highest BCUT2D eigenvalue weighted by atomic mass is 16.1. The predicted molar refractivity (Wildman–Crippen MR) is 99.6 cm³/mol. The molecule has 0 aliphatic heterocycles. The third-order valence-electron chi connectivity index (χ3n) is 5.10. The molecule has 0 radical (unpaired) electrons. The summed E-state index contributed by atoms with van der Waals surface area (Å²) in [5.41, 5.74) is 7.41. The maximum Gasteiger partial charge on any atom is 0.167 e. The van der Waals surface area contributed by atoms with Gasteiger partial charge >= 0.3 is 0 Å². The molecule has 0 N–H and O–H groups in total. The van der Waals surface area contributed by atoms with Gasteiger partial charge < -0.3 is 0 Å². The second-order valence-electron chi connectivity index (χ2n) is 7.10. The molecule has 1 aliphatic carbocycles. The van der Waals surface area contributed by atoms with Gasteiger partial charge in [0.15, 0.2) is 5.78 Å². The van der Waals surface area contributed by atoms with Crippen molar-refractivity contribution in [3.8, 4) is 5.69 Å². The van der Waals surface area contributed by atoms with Gasteiger partial charge in [0.25, 0.3) is 0 Å². The Hall–Kier alpha value is -2.68. The smallest absolute Gasteiger partial charge is 0.167 e. The number of benzene rings is 2. The number of aromatic nitrogens is 2. The molecule has 25 heavy (non-hydrogen) atoms. The second kappa shape index (κ2) is 5.99. The number of Topliss-reactive ketones (excluding diaryl/α,β-unsaturated/α-hetero) is 1. The lowest BCUT2D eigenvalue weighted by atomic mass is 9.81. The Kier molecular flexibility index (Phi) is 3.79. The fourth-order valence-corrected chi connectivity index (χ4v) is 3.81. The Morgan fingerprint density at radius 3 is 2.44 bits per heavy atom. The maximum absolute atomic E-state index is 12.8. The van der Waals surface area contributed by atoms with Crippen LogP contribution in [0.4, 0.5) is 0 Å². The molecule has 126 valence electrons. The van der Waals surface area contributed by atoms with Gasteiger partial charge in [-0.15, -0.1) is 0 Å². The van der Waals surface area contributed by atoms with Gasteiger partial charge in [0, 0.05) is 6.42 Å². The fraction of sp³-hybridized carbons (Fsp3) is 0.273. The van der Waals surface area contributed by atoms with E-state index in [1.165, 1.54) is 16.7 Å². The highest BCUT2D eigenvalue weighted by Gasteiger charge is 2.32. The van der Waals surface area contributed by atoms with Gasteiger partial charge in [0.2, 0.25) is 0 Å². The number of hydrogen-bond acceptors (Lipinski definition) is 2. The van der Waals surface area contributed by atoms with Crippen LogP contribution in [0.2, 0.25) is 0 Å². The van der Waals surface area contributed by atoms with Crippen molar-refractivity contribution in [1.82, 2.24) is 9.78 Å². The molecule has 0 saturated heterocycles. The van der Waals surface area contributed by atoms with E-state index in [1.807, 2.05) is 17.7 Å². The summed E-state index contributed by atoms with van der Waals surface area (Å²) in [6.07, 6.45) is 1.41. The van der Waals surface area contributed by atoms with Gasteiger partial charge in [-0.05, 0) is 56.4 Å². The van der Waals surface area contributed by atoms with Crippen molar-refractivity contribution < 1.29 is 4.79 Å². The van der Waals surface area contributed by atoms with Crippen molar-refractivity contribution in [3.63, 3.8) is 0 Å². The maximum atomic E-state index is 12.8. The predicted octanol–water partition coefficient (Wildman–Crippen LogP) is 4.71. The number of nitrogens with zero attached hydrogens (tertiary/aromatic N) is 2. The van der Waals surface area contributed by atoms with Crippen LogP contribution in [-0.2, 0) is 6.42 Å². The summed E-state index contributed by atoms with van der Waals surface area (Å²) in [5.74, 6) is 0.434. The van der Waals surface area contributed by atoms with Gasteiger partial charge in [-0.3, -0.25) is 4.79 Å². The lowest BCUT2D eigenvalue weighted by Gasteiger charge is -2.23. The highest BCUT2D eigenvalue weighted by molar-refractivity contribution is 6.00. The normalized spacial score (nSPS) is 16.8. The van der Waals surface area contributed by atoms with Crippen molar-refractivity contribution >= 4 is 5.78 Å². The number of carbonyl (C=O) groups excluding carboxylic acids is 1. The van der Waals surface area contributed by atoms with Crippen molar-refractivity contribution in [1.29, 1.82) is 0 Å². The lowest BCUT2D eigenvalue weighted by molar-refractivity contribution is 0.0963. The summed E-state index contributed by atoms with van der Waals surface area (Å²) < 4.78 is 1.97. The molecule has 0 bridgehead atoms. The molecule has 3 heteroatoms. The molecule has 1 heterocycles. The second-order valence-corrected chi connectivity index (χ2v) is 7.10. The van der Waals surface area contributed by atoms with Gasteiger partial charge in [-0.2, -0.15) is 5.10 Å². The van der Waals surface area contributed by atoms with Crippen LogP contribution in [-0.4, -0.2) is 15.6 Å². The molecule has 2 aromatic carbocycles. The lowest BCUT2D eigenvalue weighted by Crippen LogP contribution is -2.20. The molecule has 0 spiro atoms. The van der Waals surface area contributed by atoms with Crippen LogP contribution in [0.5, 0.6) is 0 Å². The standard InChI is InChI=1S/C22H22N2O/c1-14-7-9-17(10-8-14)18-12-20-22(21(25)13-18)16(3)23-24(20)19-6-4-5-15(2)11-19/h4-11,18H,12-13H2,1-3H3. The number of carbonyl (C=O) groups is 1. The van der Waals surface area contributed by atoms with Gasteiger partial charge in [-0.1, -0.05) is 42.0 Å². The topological polar surface area (TPSA) is 34.9 Å². The fourth-order valence-electron chi connectivity index (χ4n) is 3.81. The summed E-state index contributed by atoms with van der Waals surface area (Å²) >= 11 is 0. The van der Waals surface area contributed by atoms with E-state index >= 15 is 0 Å². The van der Waals surface area contributed by atoms with E-state index in [1.54, 1.807) is 0 Å².